The molecule has 0 saturated carbocycles. The van der Waals surface area contributed by atoms with E-state index in [1.54, 1.807) is 23.0 Å². The van der Waals surface area contributed by atoms with Crippen LogP contribution in [0.5, 0.6) is 0 Å². The van der Waals surface area contributed by atoms with Crippen LogP contribution in [0.1, 0.15) is 18.4 Å². The van der Waals surface area contributed by atoms with E-state index in [1.807, 2.05) is 43.3 Å². The number of nitrogens with zero attached hydrogens (tertiary/aromatic N) is 2. The third kappa shape index (κ3) is 3.68. The Kier molecular flexibility index (Phi) is 4.70. The molecule has 24 heavy (non-hydrogen) atoms. The maximum Gasteiger partial charge on any atom is 0.250 e. The van der Waals surface area contributed by atoms with Gasteiger partial charge in [0.1, 0.15) is 0 Å². The lowest BCUT2D eigenvalue weighted by atomic mass is 10.2. The van der Waals surface area contributed by atoms with Gasteiger partial charge >= 0.3 is 0 Å². The van der Waals surface area contributed by atoms with Crippen molar-refractivity contribution in [2.45, 2.75) is 26.3 Å². The van der Waals surface area contributed by atoms with Crippen molar-refractivity contribution in [1.29, 1.82) is 0 Å². The molecule has 2 heterocycles. The summed E-state index contributed by atoms with van der Waals surface area (Å²) in [6.45, 7) is 2.41. The number of aryl methyl sites for hydroxylation is 2. The third-order valence-electron chi connectivity index (χ3n) is 3.86. The molecule has 0 fully saturated rings. The van der Waals surface area contributed by atoms with Gasteiger partial charge in [-0.15, -0.1) is 0 Å². The molecule has 1 aromatic carbocycles. The summed E-state index contributed by atoms with van der Waals surface area (Å²) in [6.07, 6.45) is 4.43. The van der Waals surface area contributed by atoms with Gasteiger partial charge < -0.3 is 9.88 Å². The lowest BCUT2D eigenvalue weighted by molar-refractivity contribution is -0.116. The van der Waals surface area contributed by atoms with Gasteiger partial charge in [-0.05, 0) is 37.1 Å². The topological polar surface area (TPSA) is 64.0 Å². The number of aromatic nitrogens is 2. The van der Waals surface area contributed by atoms with Crippen LogP contribution in [0.15, 0.2) is 59.7 Å². The van der Waals surface area contributed by atoms with E-state index < -0.39 is 0 Å². The summed E-state index contributed by atoms with van der Waals surface area (Å²) >= 11 is 0. The van der Waals surface area contributed by atoms with Crippen LogP contribution in [-0.2, 0) is 11.3 Å². The van der Waals surface area contributed by atoms with E-state index in [0.29, 0.717) is 25.1 Å². The number of benzene rings is 1. The number of para-hydroxylation sites is 1. The Morgan fingerprint density at radius 2 is 2.04 bits per heavy atom. The first-order valence-corrected chi connectivity index (χ1v) is 7.94. The molecule has 5 heteroatoms. The Morgan fingerprint density at radius 3 is 2.88 bits per heavy atom. The number of fused-ring (bicyclic) bond motifs is 1. The number of pyridine rings is 2. The predicted molar refractivity (Wildman–Crippen MR) is 95.0 cm³/mol. The van der Waals surface area contributed by atoms with Gasteiger partial charge in [0.15, 0.2) is 0 Å². The number of carbonyl (C=O) groups is 1. The number of carbonyl (C=O) groups excluding carboxylic acids is 1. The Morgan fingerprint density at radius 1 is 1.21 bits per heavy atom. The van der Waals surface area contributed by atoms with Crippen LogP contribution in [-0.4, -0.2) is 15.5 Å². The second-order valence-electron chi connectivity index (χ2n) is 5.77. The molecule has 0 unspecified atom stereocenters. The number of amides is 1. The van der Waals surface area contributed by atoms with Crippen molar-refractivity contribution in [2.24, 2.45) is 0 Å². The SMILES string of the molecule is Cc1ccn(CCCC(=O)Nc2cccc3cccnc23)c(=O)c1. The van der Waals surface area contributed by atoms with Gasteiger partial charge in [-0.1, -0.05) is 18.2 Å². The molecule has 0 aliphatic carbocycles. The van der Waals surface area contributed by atoms with Crippen molar-refractivity contribution in [2.75, 3.05) is 5.32 Å². The van der Waals surface area contributed by atoms with Gasteiger partial charge in [0, 0.05) is 36.8 Å². The molecule has 2 aromatic heterocycles. The van der Waals surface area contributed by atoms with Crippen molar-refractivity contribution in [3.63, 3.8) is 0 Å². The minimum Gasteiger partial charge on any atom is -0.324 e. The largest absolute Gasteiger partial charge is 0.324 e. The number of anilines is 1. The van der Waals surface area contributed by atoms with Crippen LogP contribution in [0.3, 0.4) is 0 Å². The number of rotatable bonds is 5. The summed E-state index contributed by atoms with van der Waals surface area (Å²) in [4.78, 5) is 28.3. The Balaban J connectivity index is 1.60. The van der Waals surface area contributed by atoms with Crippen LogP contribution in [0.2, 0.25) is 0 Å². The zero-order valence-electron chi connectivity index (χ0n) is 13.5. The quantitative estimate of drug-likeness (QED) is 0.785. The second-order valence-corrected chi connectivity index (χ2v) is 5.77. The lowest BCUT2D eigenvalue weighted by Gasteiger charge is -2.09. The number of hydrogen-bond donors (Lipinski definition) is 1. The first-order chi connectivity index (χ1) is 11.6. The number of hydrogen-bond acceptors (Lipinski definition) is 3. The van der Waals surface area contributed by atoms with E-state index in [4.69, 9.17) is 0 Å². The van der Waals surface area contributed by atoms with Crippen LogP contribution in [0, 0.1) is 6.92 Å². The average Bonchev–Trinajstić information content (AvgIpc) is 2.57. The van der Waals surface area contributed by atoms with E-state index in [0.717, 1.165) is 16.5 Å². The minimum atomic E-state index is -0.0756. The third-order valence-corrected chi connectivity index (χ3v) is 3.86. The molecule has 0 atom stereocenters. The maximum absolute atomic E-state index is 12.2. The molecular formula is C19H19N3O2. The van der Waals surface area contributed by atoms with E-state index in [2.05, 4.69) is 10.3 Å². The zero-order valence-corrected chi connectivity index (χ0v) is 13.5. The van der Waals surface area contributed by atoms with E-state index in [1.165, 1.54) is 0 Å². The molecule has 0 bridgehead atoms. The van der Waals surface area contributed by atoms with E-state index in [9.17, 15) is 9.59 Å². The smallest absolute Gasteiger partial charge is 0.250 e. The first-order valence-electron chi connectivity index (χ1n) is 7.94. The lowest BCUT2D eigenvalue weighted by Crippen LogP contribution is -2.20. The van der Waals surface area contributed by atoms with Crippen molar-refractivity contribution >= 4 is 22.5 Å². The molecule has 0 aliphatic rings. The molecule has 1 amide bonds. The fourth-order valence-corrected chi connectivity index (χ4v) is 2.62. The summed E-state index contributed by atoms with van der Waals surface area (Å²) in [5.74, 6) is -0.0756. The minimum absolute atomic E-state index is 0.0336. The van der Waals surface area contributed by atoms with Gasteiger partial charge in [0.2, 0.25) is 5.91 Å². The van der Waals surface area contributed by atoms with Gasteiger partial charge in [0.25, 0.3) is 5.56 Å². The molecular weight excluding hydrogens is 302 g/mol. The van der Waals surface area contributed by atoms with Gasteiger partial charge in [0.05, 0.1) is 11.2 Å². The summed E-state index contributed by atoms with van der Waals surface area (Å²) < 4.78 is 1.62. The van der Waals surface area contributed by atoms with Gasteiger partial charge in [-0.25, -0.2) is 0 Å². The molecule has 0 saturated heterocycles. The molecule has 5 nitrogen and oxygen atoms in total. The normalized spacial score (nSPS) is 10.7. The molecule has 0 radical (unpaired) electrons. The van der Waals surface area contributed by atoms with Gasteiger partial charge in [-0.2, -0.15) is 0 Å². The summed E-state index contributed by atoms with van der Waals surface area (Å²) in [7, 11) is 0. The van der Waals surface area contributed by atoms with Crippen LogP contribution in [0.25, 0.3) is 10.9 Å². The molecule has 3 aromatic rings. The fourth-order valence-electron chi connectivity index (χ4n) is 2.62. The molecule has 3 rings (SSSR count). The highest BCUT2D eigenvalue weighted by Crippen LogP contribution is 2.20. The van der Waals surface area contributed by atoms with Crippen LogP contribution >= 0.6 is 0 Å². The predicted octanol–water partition coefficient (Wildman–Crippen LogP) is 3.12. The number of nitrogens with one attached hydrogen (secondary N) is 1. The van der Waals surface area contributed by atoms with Crippen LogP contribution in [0.4, 0.5) is 5.69 Å². The maximum atomic E-state index is 12.2. The Hall–Kier alpha value is -2.95. The summed E-state index contributed by atoms with van der Waals surface area (Å²) in [5, 5.41) is 3.89. The van der Waals surface area contributed by atoms with Crippen molar-refractivity contribution in [1.82, 2.24) is 9.55 Å². The van der Waals surface area contributed by atoms with Crippen molar-refractivity contribution in [3.05, 3.63) is 70.8 Å². The highest BCUT2D eigenvalue weighted by molar-refractivity contribution is 6.00. The molecule has 0 spiro atoms. The summed E-state index contributed by atoms with van der Waals surface area (Å²) in [5.41, 5.74) is 2.40. The van der Waals surface area contributed by atoms with Crippen molar-refractivity contribution in [3.8, 4) is 0 Å². The fraction of sp³-hybridized carbons (Fsp3) is 0.211. The highest BCUT2D eigenvalue weighted by atomic mass is 16.1. The van der Waals surface area contributed by atoms with E-state index >= 15 is 0 Å². The summed E-state index contributed by atoms with van der Waals surface area (Å²) in [6, 6.07) is 13.0. The average molecular weight is 321 g/mol. The second kappa shape index (κ2) is 7.08. The zero-order chi connectivity index (χ0) is 16.9. The Labute approximate surface area is 140 Å². The Bertz CT molecular complexity index is 926. The molecule has 122 valence electrons. The van der Waals surface area contributed by atoms with Crippen LogP contribution < -0.4 is 10.9 Å². The standard InChI is InChI=1S/C19H19N3O2/c1-14-9-12-22(18(24)13-14)11-4-8-17(23)21-16-7-2-5-15-6-3-10-20-19(15)16/h2-3,5-7,9-10,12-13H,4,8,11H2,1H3,(H,21,23). The molecule has 1 N–H and O–H groups in total. The van der Waals surface area contributed by atoms with Gasteiger partial charge in [-0.3, -0.25) is 14.6 Å². The van der Waals surface area contributed by atoms with E-state index in [-0.39, 0.29) is 11.5 Å². The molecule has 0 aliphatic heterocycles. The highest BCUT2D eigenvalue weighted by Gasteiger charge is 2.07. The monoisotopic (exact) mass is 321 g/mol. The van der Waals surface area contributed by atoms with Crippen molar-refractivity contribution < 1.29 is 4.79 Å². The first kappa shape index (κ1) is 15.9.